The Hall–Kier alpha value is -2.32. The lowest BCUT2D eigenvalue weighted by atomic mass is 9.93. The Labute approximate surface area is 148 Å². The fraction of sp³-hybridized carbons (Fsp3) is 0.250. The standard InChI is InChI=1S/C16H18N4O2S2/c1-8(3-6-11(17)19-2)22-16-12-10(14(23-16)15(18)21)5-4-9-7-20-24-13(9)12/h3,6-7,19H,4-5,17H2,1-2H3,(H2,18,21)/b8-3+,11-6-. The van der Waals surface area contributed by atoms with E-state index in [1.54, 1.807) is 19.2 Å². The van der Waals surface area contributed by atoms with Crippen LogP contribution in [0.3, 0.4) is 0 Å². The van der Waals surface area contributed by atoms with Crippen molar-refractivity contribution in [3.63, 3.8) is 0 Å². The van der Waals surface area contributed by atoms with E-state index in [9.17, 15) is 4.79 Å². The van der Waals surface area contributed by atoms with Gasteiger partial charge in [0.1, 0.15) is 5.76 Å². The van der Waals surface area contributed by atoms with Gasteiger partial charge in [-0.2, -0.15) is 0 Å². The Balaban J connectivity index is 2.02. The molecule has 0 aliphatic heterocycles. The average molecular weight is 362 g/mol. The number of nitrogens with two attached hydrogens (primary N) is 2. The van der Waals surface area contributed by atoms with Gasteiger partial charge >= 0.3 is 0 Å². The first kappa shape index (κ1) is 16.5. The maximum Gasteiger partial charge on any atom is 0.259 e. The summed E-state index contributed by atoms with van der Waals surface area (Å²) in [5, 5.41) is 3.51. The third-order valence-corrected chi connectivity index (χ3v) is 5.74. The van der Waals surface area contributed by atoms with Crippen LogP contribution in [-0.4, -0.2) is 17.3 Å². The maximum absolute atomic E-state index is 11.8. The van der Waals surface area contributed by atoms with Gasteiger partial charge in [0.15, 0.2) is 5.06 Å². The molecule has 24 heavy (non-hydrogen) atoms. The molecule has 0 bridgehead atoms. The Kier molecular flexibility index (Phi) is 4.59. The van der Waals surface area contributed by atoms with Gasteiger partial charge in [-0.15, -0.1) is 0 Å². The summed E-state index contributed by atoms with van der Waals surface area (Å²) in [4.78, 5) is 13.4. The van der Waals surface area contributed by atoms with E-state index in [-0.39, 0.29) is 0 Å². The maximum atomic E-state index is 11.8. The second-order valence-electron chi connectivity index (χ2n) is 5.37. The largest absolute Gasteiger partial charge is 0.451 e. The van der Waals surface area contributed by atoms with Crippen molar-refractivity contribution in [2.75, 3.05) is 7.05 Å². The molecule has 2 aromatic rings. The van der Waals surface area contributed by atoms with E-state index in [4.69, 9.17) is 16.2 Å². The molecule has 1 aliphatic rings. The molecule has 0 saturated carbocycles. The van der Waals surface area contributed by atoms with Crippen LogP contribution in [0.1, 0.15) is 27.7 Å². The van der Waals surface area contributed by atoms with Crippen molar-refractivity contribution in [1.82, 2.24) is 9.69 Å². The molecule has 0 atom stereocenters. The summed E-state index contributed by atoms with van der Waals surface area (Å²) >= 11 is 2.71. The number of nitrogens with zero attached hydrogens (tertiary/aromatic N) is 1. The minimum Gasteiger partial charge on any atom is -0.451 e. The van der Waals surface area contributed by atoms with E-state index in [0.717, 1.165) is 28.8 Å². The number of ether oxygens (including phenoxy) is 1. The zero-order valence-corrected chi connectivity index (χ0v) is 15.0. The molecule has 126 valence electrons. The smallest absolute Gasteiger partial charge is 0.259 e. The van der Waals surface area contributed by atoms with Gasteiger partial charge in [-0.25, -0.2) is 4.37 Å². The highest BCUT2D eigenvalue weighted by Crippen LogP contribution is 2.49. The number of allylic oxidation sites excluding steroid dienone is 3. The Bertz CT molecular complexity index is 848. The number of thiophene rings is 1. The van der Waals surface area contributed by atoms with Crippen LogP contribution >= 0.6 is 22.9 Å². The normalized spacial score (nSPS) is 14.1. The van der Waals surface area contributed by atoms with Gasteiger partial charge in [-0.1, -0.05) is 11.3 Å². The minimum absolute atomic E-state index is 0.417. The van der Waals surface area contributed by atoms with Crippen molar-refractivity contribution in [2.45, 2.75) is 19.8 Å². The van der Waals surface area contributed by atoms with E-state index in [1.165, 1.54) is 28.4 Å². The number of amides is 1. The molecular formula is C16H18N4O2S2. The zero-order valence-electron chi connectivity index (χ0n) is 13.4. The lowest BCUT2D eigenvalue weighted by Gasteiger charge is -2.14. The van der Waals surface area contributed by atoms with E-state index >= 15 is 0 Å². The first-order valence-electron chi connectivity index (χ1n) is 7.40. The predicted octanol–water partition coefficient (Wildman–Crippen LogP) is 2.37. The number of nitrogens with one attached hydrogen (secondary N) is 1. The van der Waals surface area contributed by atoms with Crippen molar-refractivity contribution in [2.24, 2.45) is 11.5 Å². The molecule has 2 aromatic heterocycles. The van der Waals surface area contributed by atoms with Crippen molar-refractivity contribution >= 4 is 28.8 Å². The number of primary amides is 1. The number of rotatable bonds is 5. The fourth-order valence-electron chi connectivity index (χ4n) is 2.56. The van der Waals surface area contributed by atoms with Crippen molar-refractivity contribution in [3.8, 4) is 15.5 Å². The van der Waals surface area contributed by atoms with Crippen LogP contribution < -0.4 is 21.5 Å². The summed E-state index contributed by atoms with van der Waals surface area (Å²) < 4.78 is 10.3. The Morgan fingerprint density at radius 3 is 2.88 bits per heavy atom. The lowest BCUT2D eigenvalue weighted by Crippen LogP contribution is -2.13. The summed E-state index contributed by atoms with van der Waals surface area (Å²) in [6.45, 7) is 1.84. The van der Waals surface area contributed by atoms with Gasteiger partial charge in [0, 0.05) is 13.2 Å². The molecule has 0 unspecified atom stereocenters. The fourth-order valence-corrected chi connectivity index (χ4v) is 4.60. The number of carbonyl (C=O) groups is 1. The number of hydrogen-bond donors (Lipinski definition) is 3. The summed E-state index contributed by atoms with van der Waals surface area (Å²) in [6.07, 6.45) is 7.02. The van der Waals surface area contributed by atoms with E-state index in [2.05, 4.69) is 9.69 Å². The summed E-state index contributed by atoms with van der Waals surface area (Å²) in [5.41, 5.74) is 14.4. The molecule has 1 amide bonds. The molecule has 0 saturated heterocycles. The summed E-state index contributed by atoms with van der Waals surface area (Å²) in [7, 11) is 1.75. The molecule has 0 fully saturated rings. The molecule has 8 heteroatoms. The second-order valence-corrected chi connectivity index (χ2v) is 7.15. The molecule has 0 spiro atoms. The number of hydrogen-bond acceptors (Lipinski definition) is 7. The van der Waals surface area contributed by atoms with Crippen LogP contribution in [0.25, 0.3) is 10.4 Å². The van der Waals surface area contributed by atoms with Crippen LogP contribution in [-0.2, 0) is 12.8 Å². The molecule has 5 N–H and O–H groups in total. The number of carbonyl (C=O) groups excluding carboxylic acids is 1. The summed E-state index contributed by atoms with van der Waals surface area (Å²) in [5.74, 6) is 0.790. The van der Waals surface area contributed by atoms with Gasteiger partial charge in [0.25, 0.3) is 5.91 Å². The third-order valence-electron chi connectivity index (χ3n) is 3.75. The highest BCUT2D eigenvalue weighted by atomic mass is 32.1. The van der Waals surface area contributed by atoms with Gasteiger partial charge in [0.2, 0.25) is 0 Å². The molecule has 3 rings (SSSR count). The molecule has 1 aliphatic carbocycles. The van der Waals surface area contributed by atoms with E-state index < -0.39 is 5.91 Å². The van der Waals surface area contributed by atoms with Crippen molar-refractivity contribution in [1.29, 1.82) is 0 Å². The predicted molar refractivity (Wildman–Crippen MR) is 97.1 cm³/mol. The van der Waals surface area contributed by atoms with Crippen LogP contribution in [0, 0.1) is 0 Å². The van der Waals surface area contributed by atoms with Gasteiger partial charge in [-0.3, -0.25) is 4.79 Å². The van der Waals surface area contributed by atoms with Gasteiger partial charge in [-0.05, 0) is 54.6 Å². The van der Waals surface area contributed by atoms with Gasteiger partial charge < -0.3 is 21.5 Å². The molecule has 0 aromatic carbocycles. The van der Waals surface area contributed by atoms with Crippen molar-refractivity contribution < 1.29 is 9.53 Å². The monoisotopic (exact) mass is 362 g/mol. The summed E-state index contributed by atoms with van der Waals surface area (Å²) in [6, 6.07) is 0. The average Bonchev–Trinajstić information content (AvgIpc) is 3.16. The molecule has 2 heterocycles. The molecular weight excluding hydrogens is 344 g/mol. The minimum atomic E-state index is -0.417. The van der Waals surface area contributed by atoms with Crippen LogP contribution in [0.5, 0.6) is 5.06 Å². The van der Waals surface area contributed by atoms with E-state index in [1.807, 2.05) is 13.1 Å². The van der Waals surface area contributed by atoms with Crippen LogP contribution in [0.4, 0.5) is 0 Å². The highest BCUT2D eigenvalue weighted by molar-refractivity contribution is 7.17. The molecule has 0 radical (unpaired) electrons. The quantitative estimate of drug-likeness (QED) is 0.560. The highest BCUT2D eigenvalue weighted by Gasteiger charge is 2.29. The van der Waals surface area contributed by atoms with Crippen LogP contribution in [0.2, 0.25) is 0 Å². The van der Waals surface area contributed by atoms with Gasteiger partial charge in [0.05, 0.1) is 21.1 Å². The number of aryl methyl sites for hydroxylation is 1. The van der Waals surface area contributed by atoms with Crippen molar-refractivity contribution in [3.05, 3.63) is 45.9 Å². The first-order valence-corrected chi connectivity index (χ1v) is 8.99. The molecule has 6 nitrogen and oxygen atoms in total. The second kappa shape index (κ2) is 6.66. The third kappa shape index (κ3) is 3.02. The SMILES string of the molecule is CN/C(N)=C\C=C(/C)Oc1sc(C(N)=O)c2c1-c1sncc1CC2. The number of aromatic nitrogens is 1. The Morgan fingerprint density at radius 1 is 1.38 bits per heavy atom. The Morgan fingerprint density at radius 2 is 2.17 bits per heavy atom. The van der Waals surface area contributed by atoms with Crippen LogP contribution in [0.15, 0.2) is 29.9 Å². The first-order chi connectivity index (χ1) is 11.5. The lowest BCUT2D eigenvalue weighted by molar-refractivity contribution is 0.100. The topological polar surface area (TPSA) is 103 Å². The number of fused-ring (bicyclic) bond motifs is 3. The zero-order chi connectivity index (χ0) is 17.3. The van der Waals surface area contributed by atoms with E-state index in [0.29, 0.717) is 21.5 Å².